The van der Waals surface area contributed by atoms with Crippen molar-refractivity contribution >= 4 is 28.9 Å². The van der Waals surface area contributed by atoms with Gasteiger partial charge in [-0.2, -0.15) is 5.10 Å². The molecule has 0 atom stereocenters. The zero-order chi connectivity index (χ0) is 24.9. The van der Waals surface area contributed by atoms with Crippen molar-refractivity contribution in [2.24, 2.45) is 5.10 Å². The molecular formula is C26H26N4O5. The summed E-state index contributed by atoms with van der Waals surface area (Å²) in [4.78, 5) is 35.7. The summed E-state index contributed by atoms with van der Waals surface area (Å²) in [5.41, 5.74) is 7.09. The molecule has 0 bridgehead atoms. The van der Waals surface area contributed by atoms with Crippen LogP contribution in [0.3, 0.4) is 0 Å². The van der Waals surface area contributed by atoms with Gasteiger partial charge in [-0.25, -0.2) is 5.43 Å². The minimum Gasteiger partial charge on any atom is -0.455 e. The van der Waals surface area contributed by atoms with Crippen molar-refractivity contribution < 1.29 is 18.9 Å². The Morgan fingerprint density at radius 3 is 2.57 bits per heavy atom. The molecule has 0 aliphatic heterocycles. The first-order valence-electron chi connectivity index (χ1n) is 11.5. The van der Waals surface area contributed by atoms with E-state index < -0.39 is 4.92 Å². The summed E-state index contributed by atoms with van der Waals surface area (Å²) in [5.74, 6) is 0.270. The Morgan fingerprint density at radius 2 is 1.86 bits per heavy atom. The van der Waals surface area contributed by atoms with E-state index in [2.05, 4.69) is 15.8 Å². The van der Waals surface area contributed by atoms with Crippen molar-refractivity contribution in [2.75, 3.05) is 5.32 Å². The molecule has 1 aliphatic rings. The van der Waals surface area contributed by atoms with E-state index in [-0.39, 0.29) is 29.7 Å². The van der Waals surface area contributed by atoms with Crippen LogP contribution >= 0.6 is 0 Å². The third-order valence-electron chi connectivity index (χ3n) is 6.01. The number of carbonyl (C=O) groups excluding carboxylic acids is 2. The molecule has 0 saturated heterocycles. The number of rotatable bonds is 7. The highest BCUT2D eigenvalue weighted by atomic mass is 16.6. The Labute approximate surface area is 202 Å². The van der Waals surface area contributed by atoms with Gasteiger partial charge < -0.3 is 9.73 Å². The van der Waals surface area contributed by atoms with E-state index in [9.17, 15) is 19.7 Å². The third kappa shape index (κ3) is 5.29. The second-order valence-electron chi connectivity index (χ2n) is 8.37. The number of para-hydroxylation sites is 1. The molecule has 0 spiro atoms. The lowest BCUT2D eigenvalue weighted by Crippen LogP contribution is -2.23. The minimum absolute atomic E-state index is 0.0300. The molecule has 35 heavy (non-hydrogen) atoms. The van der Waals surface area contributed by atoms with E-state index >= 15 is 0 Å². The lowest BCUT2D eigenvalue weighted by molar-refractivity contribution is -0.384. The molecule has 4 rings (SSSR count). The molecule has 0 radical (unpaired) electrons. The second-order valence-corrected chi connectivity index (χ2v) is 8.37. The van der Waals surface area contributed by atoms with Gasteiger partial charge in [-0.3, -0.25) is 19.7 Å². The summed E-state index contributed by atoms with van der Waals surface area (Å²) in [5, 5.41) is 18.1. The van der Waals surface area contributed by atoms with Gasteiger partial charge in [-0.1, -0.05) is 37.3 Å². The van der Waals surface area contributed by atoms with E-state index in [1.807, 2.05) is 38.1 Å². The Hall–Kier alpha value is -4.27. The predicted molar refractivity (Wildman–Crippen MR) is 132 cm³/mol. The van der Waals surface area contributed by atoms with Crippen molar-refractivity contribution in [1.29, 1.82) is 0 Å². The average molecular weight is 475 g/mol. The highest BCUT2D eigenvalue weighted by molar-refractivity contribution is 6.09. The molecule has 2 amide bonds. The van der Waals surface area contributed by atoms with Gasteiger partial charge in [-0.05, 0) is 43.4 Å². The number of fused-ring (bicyclic) bond motifs is 1. The van der Waals surface area contributed by atoms with Crippen LogP contribution in [0.15, 0.2) is 58.0 Å². The number of amides is 2. The summed E-state index contributed by atoms with van der Waals surface area (Å²) in [6.45, 7) is 3.85. The molecule has 0 saturated carbocycles. The van der Waals surface area contributed by atoms with Gasteiger partial charge in [-0.15, -0.1) is 0 Å². The largest absolute Gasteiger partial charge is 0.455 e. The summed E-state index contributed by atoms with van der Waals surface area (Å²) in [7, 11) is 0. The van der Waals surface area contributed by atoms with Gasteiger partial charge in [0.2, 0.25) is 5.91 Å². The Bertz CT molecular complexity index is 1310. The quantitative estimate of drug-likeness (QED) is 0.379. The highest BCUT2D eigenvalue weighted by Crippen LogP contribution is 2.30. The Kier molecular flexibility index (Phi) is 7.05. The fourth-order valence-corrected chi connectivity index (χ4v) is 4.22. The van der Waals surface area contributed by atoms with E-state index in [0.29, 0.717) is 35.4 Å². The van der Waals surface area contributed by atoms with E-state index in [1.165, 1.54) is 12.1 Å². The monoisotopic (exact) mass is 474 g/mol. The minimum atomic E-state index is -0.485. The van der Waals surface area contributed by atoms with Crippen LogP contribution in [0.2, 0.25) is 0 Å². The topological polar surface area (TPSA) is 127 Å². The molecule has 180 valence electrons. The van der Waals surface area contributed by atoms with Crippen molar-refractivity contribution in [2.45, 2.75) is 46.0 Å². The maximum atomic E-state index is 13.0. The smallest absolute Gasteiger partial charge is 0.291 e. The highest BCUT2D eigenvalue weighted by Gasteiger charge is 2.28. The second kappa shape index (κ2) is 10.3. The third-order valence-corrected chi connectivity index (χ3v) is 6.01. The van der Waals surface area contributed by atoms with Crippen LogP contribution in [-0.4, -0.2) is 22.4 Å². The zero-order valence-corrected chi connectivity index (χ0v) is 19.6. The number of nitrogens with one attached hydrogen (secondary N) is 2. The summed E-state index contributed by atoms with van der Waals surface area (Å²) >= 11 is 0. The molecule has 9 nitrogen and oxygen atoms in total. The maximum absolute atomic E-state index is 13.0. The average Bonchev–Trinajstić information content (AvgIpc) is 3.20. The van der Waals surface area contributed by atoms with Crippen LogP contribution in [0, 0.1) is 17.0 Å². The number of benzene rings is 2. The van der Waals surface area contributed by atoms with Crippen molar-refractivity contribution in [1.82, 2.24) is 5.43 Å². The molecule has 2 aromatic carbocycles. The van der Waals surface area contributed by atoms with Gasteiger partial charge in [0.05, 0.1) is 17.1 Å². The molecule has 0 fully saturated rings. The summed E-state index contributed by atoms with van der Waals surface area (Å²) in [6.07, 6.45) is 2.95. The number of hydrazone groups is 1. The fourth-order valence-electron chi connectivity index (χ4n) is 4.22. The molecule has 0 unspecified atom stereocenters. The van der Waals surface area contributed by atoms with E-state index in [0.717, 1.165) is 29.7 Å². The number of anilines is 1. The van der Waals surface area contributed by atoms with Crippen LogP contribution in [0.4, 0.5) is 11.4 Å². The van der Waals surface area contributed by atoms with Gasteiger partial charge in [0, 0.05) is 35.4 Å². The van der Waals surface area contributed by atoms with Crippen LogP contribution in [0.25, 0.3) is 0 Å². The zero-order valence-electron chi connectivity index (χ0n) is 19.6. The molecule has 2 N–H and O–H groups in total. The predicted octanol–water partition coefficient (Wildman–Crippen LogP) is 4.71. The number of nitrogens with zero attached hydrogens (tertiary/aromatic N) is 2. The normalized spacial score (nSPS) is 13.8. The molecule has 1 aliphatic carbocycles. The number of hydrogen-bond donors (Lipinski definition) is 2. The maximum Gasteiger partial charge on any atom is 0.291 e. The van der Waals surface area contributed by atoms with Gasteiger partial charge >= 0.3 is 0 Å². The number of carbonyl (C=O) groups is 2. The fraction of sp³-hybridized carbons (Fsp3) is 0.269. The van der Waals surface area contributed by atoms with Crippen molar-refractivity contribution in [3.63, 3.8) is 0 Å². The number of hydrogen-bond acceptors (Lipinski definition) is 6. The number of nitro benzene ring substituents is 1. The molecular weight excluding hydrogens is 448 g/mol. The van der Waals surface area contributed by atoms with Crippen LogP contribution < -0.4 is 10.7 Å². The Morgan fingerprint density at radius 1 is 1.11 bits per heavy atom. The van der Waals surface area contributed by atoms with Crippen molar-refractivity contribution in [3.05, 3.63) is 92.4 Å². The summed E-state index contributed by atoms with van der Waals surface area (Å²) in [6, 6.07) is 13.5. The molecule has 1 aromatic heterocycles. The van der Waals surface area contributed by atoms with Crippen molar-refractivity contribution in [3.8, 4) is 0 Å². The first-order valence-corrected chi connectivity index (χ1v) is 11.5. The van der Waals surface area contributed by atoms with Gasteiger partial charge in [0.15, 0.2) is 5.76 Å². The van der Waals surface area contributed by atoms with Gasteiger partial charge in [0.25, 0.3) is 11.6 Å². The van der Waals surface area contributed by atoms with Crippen LogP contribution in [-0.2, 0) is 24.1 Å². The molecule has 1 heterocycles. The molecule has 3 aromatic rings. The van der Waals surface area contributed by atoms with Gasteiger partial charge in [0.1, 0.15) is 5.76 Å². The number of aryl methyl sites for hydroxylation is 2. The van der Waals surface area contributed by atoms with Crippen LogP contribution in [0.5, 0.6) is 0 Å². The lowest BCUT2D eigenvalue weighted by Gasteiger charge is -2.13. The van der Waals surface area contributed by atoms with Crippen LogP contribution in [0.1, 0.15) is 58.3 Å². The number of nitro groups is 1. The number of non-ortho nitro benzene ring substituents is 1. The van der Waals surface area contributed by atoms with E-state index in [1.54, 1.807) is 12.1 Å². The summed E-state index contributed by atoms with van der Waals surface area (Å²) < 4.78 is 5.95. The first-order chi connectivity index (χ1) is 16.9. The number of furan rings is 1. The SMILES string of the molecule is CCc1ccccc1NC(=O)c1oc2c(c1C)/C(=N/NC(=O)Cc1ccc([N+](=O)[O-])cc1)CCC2. The standard InChI is InChI=1S/C26H26N4O5/c1-3-18-7-4-5-8-20(18)27-26(32)25-16(2)24-21(9-6-10-22(24)35-25)28-29-23(31)15-17-11-13-19(14-12-17)30(33)34/h4-5,7-8,11-14H,3,6,9-10,15H2,1-2H3,(H,27,32)(H,29,31)/b28-21+. The van der Waals surface area contributed by atoms with E-state index in [4.69, 9.17) is 4.42 Å². The Balaban J connectivity index is 1.49. The lowest BCUT2D eigenvalue weighted by atomic mass is 9.93. The molecule has 9 heteroatoms. The first kappa shape index (κ1) is 23.9.